The highest BCUT2D eigenvalue weighted by atomic mass is 28.4. The fraction of sp³-hybridized carbons (Fsp3) is 0.750. The summed E-state index contributed by atoms with van der Waals surface area (Å²) in [6.07, 6.45) is 0. The molecule has 1 aromatic heterocycles. The summed E-state index contributed by atoms with van der Waals surface area (Å²) < 4.78 is 12.8. The summed E-state index contributed by atoms with van der Waals surface area (Å²) in [5.74, 6) is 0.216. The molecule has 0 spiro atoms. The van der Waals surface area contributed by atoms with Crippen LogP contribution in [0.4, 0.5) is 0 Å². The van der Waals surface area contributed by atoms with Gasteiger partial charge in [0.1, 0.15) is 6.61 Å². The molecule has 0 aromatic carbocycles. The zero-order chi connectivity index (χ0) is 18.0. The van der Waals surface area contributed by atoms with Crippen LogP contribution in [0, 0.1) is 0 Å². The van der Waals surface area contributed by atoms with Crippen molar-refractivity contribution < 1.29 is 9.16 Å². The van der Waals surface area contributed by atoms with Crippen molar-refractivity contribution in [2.24, 2.45) is 7.05 Å². The second-order valence-electron chi connectivity index (χ2n) is 7.65. The fourth-order valence-corrected chi connectivity index (χ4v) is 2.93. The van der Waals surface area contributed by atoms with Crippen molar-refractivity contribution in [3.05, 3.63) is 26.4 Å². The summed E-state index contributed by atoms with van der Waals surface area (Å²) in [5, 5.41) is 0.132. The van der Waals surface area contributed by atoms with Gasteiger partial charge in [-0.3, -0.25) is 14.3 Å². The van der Waals surface area contributed by atoms with Gasteiger partial charge in [-0.1, -0.05) is 34.6 Å². The number of aromatic nitrogens is 2. The smallest absolute Gasteiger partial charge is 0.330 e. The summed E-state index contributed by atoms with van der Waals surface area (Å²) in [7, 11) is -0.371. The molecule has 6 nitrogen and oxygen atoms in total. The summed E-state index contributed by atoms with van der Waals surface area (Å²) >= 11 is 0. The maximum absolute atomic E-state index is 12.2. The first-order valence-corrected chi connectivity index (χ1v) is 10.9. The second kappa shape index (κ2) is 7.05. The molecule has 0 fully saturated rings. The van der Waals surface area contributed by atoms with Gasteiger partial charge in [0.2, 0.25) is 5.88 Å². The van der Waals surface area contributed by atoms with Crippen molar-refractivity contribution >= 4 is 8.32 Å². The van der Waals surface area contributed by atoms with Gasteiger partial charge in [-0.2, -0.15) is 0 Å². The highest BCUT2D eigenvalue weighted by Crippen LogP contribution is 2.36. The van der Waals surface area contributed by atoms with E-state index in [1.165, 1.54) is 7.05 Å². The van der Waals surface area contributed by atoms with Gasteiger partial charge in [-0.25, -0.2) is 4.79 Å². The first-order chi connectivity index (χ1) is 10.4. The zero-order valence-electron chi connectivity index (χ0n) is 15.6. The van der Waals surface area contributed by atoms with Crippen LogP contribution in [0.5, 0.6) is 5.88 Å². The lowest BCUT2D eigenvalue weighted by atomic mass is 10.1. The van der Waals surface area contributed by atoms with E-state index in [9.17, 15) is 9.59 Å². The third-order valence-electron chi connectivity index (χ3n) is 4.48. The van der Waals surface area contributed by atoms with Crippen LogP contribution < -0.4 is 16.0 Å². The minimum atomic E-state index is -1.83. The Labute approximate surface area is 139 Å². The van der Waals surface area contributed by atoms with Crippen LogP contribution in [-0.4, -0.2) is 31.1 Å². The third-order valence-corrected chi connectivity index (χ3v) is 9.02. The zero-order valence-corrected chi connectivity index (χ0v) is 16.6. The van der Waals surface area contributed by atoms with Crippen LogP contribution in [0.15, 0.2) is 9.59 Å². The van der Waals surface area contributed by atoms with Gasteiger partial charge in [-0.15, -0.1) is 0 Å². The molecule has 0 saturated heterocycles. The molecule has 7 heteroatoms. The normalized spacial score (nSPS) is 12.7. The molecule has 0 bridgehead atoms. The van der Waals surface area contributed by atoms with Gasteiger partial charge in [0.25, 0.3) is 5.56 Å². The molecule has 1 aromatic rings. The van der Waals surface area contributed by atoms with E-state index in [-0.39, 0.29) is 22.4 Å². The van der Waals surface area contributed by atoms with E-state index < -0.39 is 14.0 Å². The van der Waals surface area contributed by atoms with Gasteiger partial charge in [0.05, 0.1) is 12.2 Å². The van der Waals surface area contributed by atoms with Crippen LogP contribution in [0.3, 0.4) is 0 Å². The van der Waals surface area contributed by atoms with E-state index in [1.807, 2.05) is 13.8 Å². The maximum Gasteiger partial charge on any atom is 0.330 e. The van der Waals surface area contributed by atoms with E-state index in [1.54, 1.807) is 0 Å². The predicted molar refractivity (Wildman–Crippen MR) is 95.0 cm³/mol. The standard InChI is InChI=1S/C16H30N2O4Si/c1-11(2)12-13(17-15(20)18(6)14(12)19)21-9-10-22-23(7,8)16(3,4)5/h11H,9-10H2,1-8H3,(H,17,20). The molecular formula is C16H30N2O4Si. The van der Waals surface area contributed by atoms with Crippen molar-refractivity contribution in [1.29, 1.82) is 0 Å². The first-order valence-electron chi connectivity index (χ1n) is 7.98. The highest BCUT2D eigenvalue weighted by molar-refractivity contribution is 6.74. The molecule has 0 saturated carbocycles. The second-order valence-corrected chi connectivity index (χ2v) is 12.5. The SMILES string of the molecule is CC(C)c1c(OCCO[Si](C)(C)C(C)(C)C)[nH]c(=O)n(C)c1=O. The molecule has 0 radical (unpaired) electrons. The Balaban J connectivity index is 2.84. The van der Waals surface area contributed by atoms with E-state index in [4.69, 9.17) is 9.16 Å². The summed E-state index contributed by atoms with van der Waals surface area (Å²) in [6, 6.07) is 0. The van der Waals surface area contributed by atoms with Crippen LogP contribution in [0.1, 0.15) is 46.1 Å². The molecule has 132 valence electrons. The number of H-pyrrole nitrogens is 1. The monoisotopic (exact) mass is 342 g/mol. The van der Waals surface area contributed by atoms with Crippen LogP contribution in [0.25, 0.3) is 0 Å². The molecular weight excluding hydrogens is 312 g/mol. The largest absolute Gasteiger partial charge is 0.476 e. The van der Waals surface area contributed by atoms with Gasteiger partial charge < -0.3 is 9.16 Å². The minimum Gasteiger partial charge on any atom is -0.476 e. The Kier molecular flexibility index (Phi) is 6.04. The first kappa shape index (κ1) is 19.7. The number of hydrogen-bond acceptors (Lipinski definition) is 4. The number of nitrogens with one attached hydrogen (secondary N) is 1. The lowest BCUT2D eigenvalue weighted by Crippen LogP contribution is -2.42. The molecule has 0 amide bonds. The molecule has 0 aliphatic carbocycles. The van der Waals surface area contributed by atoms with Gasteiger partial charge >= 0.3 is 5.69 Å². The Morgan fingerprint density at radius 1 is 1.17 bits per heavy atom. The van der Waals surface area contributed by atoms with Gasteiger partial charge in [0, 0.05) is 7.05 Å². The number of aromatic amines is 1. The molecule has 0 atom stereocenters. The average Bonchev–Trinajstić information content (AvgIpc) is 2.39. The van der Waals surface area contributed by atoms with E-state index in [0.29, 0.717) is 18.8 Å². The Hall–Kier alpha value is -1.34. The molecule has 1 N–H and O–H groups in total. The summed E-state index contributed by atoms with van der Waals surface area (Å²) in [6.45, 7) is 15.4. The lowest BCUT2D eigenvalue weighted by molar-refractivity contribution is 0.196. The van der Waals surface area contributed by atoms with E-state index in [0.717, 1.165) is 4.57 Å². The van der Waals surface area contributed by atoms with Crippen molar-refractivity contribution in [1.82, 2.24) is 9.55 Å². The molecule has 1 rings (SSSR count). The van der Waals surface area contributed by atoms with Crippen molar-refractivity contribution in [3.8, 4) is 5.88 Å². The highest BCUT2D eigenvalue weighted by Gasteiger charge is 2.36. The Morgan fingerprint density at radius 2 is 1.74 bits per heavy atom. The van der Waals surface area contributed by atoms with Crippen molar-refractivity contribution in [2.45, 2.75) is 58.7 Å². The number of rotatable bonds is 6. The molecule has 0 aliphatic rings. The number of hydrogen-bond donors (Lipinski definition) is 1. The number of nitrogens with zero attached hydrogens (tertiary/aromatic N) is 1. The Bertz CT molecular complexity index is 654. The van der Waals surface area contributed by atoms with Crippen LogP contribution >= 0.6 is 0 Å². The molecule has 23 heavy (non-hydrogen) atoms. The minimum absolute atomic E-state index is 0.0399. The van der Waals surface area contributed by atoms with Crippen molar-refractivity contribution in [2.75, 3.05) is 13.2 Å². The van der Waals surface area contributed by atoms with E-state index in [2.05, 4.69) is 38.8 Å². The topological polar surface area (TPSA) is 73.3 Å². The Morgan fingerprint density at radius 3 is 2.22 bits per heavy atom. The summed E-state index contributed by atoms with van der Waals surface area (Å²) in [5.41, 5.74) is -0.303. The van der Waals surface area contributed by atoms with Crippen LogP contribution in [0.2, 0.25) is 18.1 Å². The predicted octanol–water partition coefficient (Wildman–Crippen LogP) is 2.60. The summed E-state index contributed by atoms with van der Waals surface area (Å²) in [4.78, 5) is 26.6. The number of ether oxygens (including phenoxy) is 1. The molecule has 0 aliphatic heterocycles. The molecule has 1 heterocycles. The third kappa shape index (κ3) is 4.57. The lowest BCUT2D eigenvalue weighted by Gasteiger charge is -2.36. The fourth-order valence-electron chi connectivity index (χ4n) is 1.90. The van der Waals surface area contributed by atoms with Gasteiger partial charge in [0.15, 0.2) is 8.32 Å². The quantitative estimate of drug-likeness (QED) is 0.637. The van der Waals surface area contributed by atoms with Gasteiger partial charge in [-0.05, 0) is 24.1 Å². The average molecular weight is 343 g/mol. The maximum atomic E-state index is 12.2. The molecule has 0 unspecified atom stereocenters. The van der Waals surface area contributed by atoms with Crippen molar-refractivity contribution in [3.63, 3.8) is 0 Å². The van der Waals surface area contributed by atoms with Crippen LogP contribution in [-0.2, 0) is 11.5 Å². The van der Waals surface area contributed by atoms with E-state index >= 15 is 0 Å².